The molecule has 0 fully saturated rings. The van der Waals surface area contributed by atoms with E-state index in [1.807, 2.05) is 33.0 Å². The van der Waals surface area contributed by atoms with Crippen molar-refractivity contribution < 1.29 is 0 Å². The van der Waals surface area contributed by atoms with Gasteiger partial charge in [-0.25, -0.2) is 0 Å². The molecule has 0 aliphatic rings. The molecule has 0 atom stereocenters. The summed E-state index contributed by atoms with van der Waals surface area (Å²) in [6.07, 6.45) is 6.17. The first-order chi connectivity index (χ1) is 7.27. The van der Waals surface area contributed by atoms with Crippen LogP contribution in [0.5, 0.6) is 0 Å². The van der Waals surface area contributed by atoms with Gasteiger partial charge in [0.1, 0.15) is 0 Å². The van der Waals surface area contributed by atoms with Crippen molar-refractivity contribution in [3.8, 4) is 0 Å². The summed E-state index contributed by atoms with van der Waals surface area (Å²) in [5, 5.41) is 0. The zero-order chi connectivity index (χ0) is 11.7. The smallest absolute Gasteiger partial charge is 0.0692 e. The third-order valence-corrected chi connectivity index (χ3v) is 1.81. The number of nitrogens with zero attached hydrogens (tertiary/aromatic N) is 2. The van der Waals surface area contributed by atoms with Crippen LogP contribution in [-0.4, -0.2) is 11.2 Å². The topological polar surface area (TPSA) is 25.2 Å². The lowest BCUT2D eigenvalue weighted by molar-refractivity contribution is 1.03. The van der Waals surface area contributed by atoms with Gasteiger partial charge in [-0.2, -0.15) is 0 Å². The molecule has 0 N–H and O–H groups in total. The van der Waals surface area contributed by atoms with Crippen LogP contribution in [-0.2, 0) is 6.42 Å². The molecule has 2 heteroatoms. The number of aryl methyl sites for hydroxylation is 2. The van der Waals surface area contributed by atoms with Gasteiger partial charge in [-0.3, -0.25) is 9.98 Å². The maximum absolute atomic E-state index is 4.27. The first-order valence-corrected chi connectivity index (χ1v) is 5.38. The van der Waals surface area contributed by atoms with Crippen molar-refractivity contribution in [2.75, 3.05) is 0 Å². The van der Waals surface area contributed by atoms with Gasteiger partial charge in [0.15, 0.2) is 0 Å². The molecular weight excluding hydrogens is 196 g/mol. The molecule has 2 nitrogen and oxygen atoms in total. The van der Waals surface area contributed by atoms with E-state index in [9.17, 15) is 0 Å². The summed E-state index contributed by atoms with van der Waals surface area (Å²) in [4.78, 5) is 8.52. The van der Waals surface area contributed by atoms with E-state index in [-0.39, 0.29) is 7.43 Å². The number of allylic oxidation sites excluding steroid dienone is 1. The molecule has 1 heterocycles. The van der Waals surface area contributed by atoms with E-state index >= 15 is 0 Å². The van der Waals surface area contributed by atoms with E-state index in [0.29, 0.717) is 0 Å². The number of aromatic nitrogens is 1. The van der Waals surface area contributed by atoms with E-state index in [0.717, 1.165) is 23.4 Å². The van der Waals surface area contributed by atoms with Gasteiger partial charge in [0.25, 0.3) is 0 Å². The Balaban J connectivity index is 0. The number of hydrogen-bond donors (Lipinski definition) is 0. The van der Waals surface area contributed by atoms with E-state index in [2.05, 4.69) is 23.5 Å². The van der Waals surface area contributed by atoms with Crippen LogP contribution in [0, 0.1) is 6.92 Å². The Morgan fingerprint density at radius 2 is 2.06 bits per heavy atom. The lowest BCUT2D eigenvalue weighted by atomic mass is 10.2. The maximum atomic E-state index is 4.27. The SMILES string of the molecule is C.C=CC=Nc1cc(CC)ncc1C.CC. The van der Waals surface area contributed by atoms with Crippen molar-refractivity contribution in [1.29, 1.82) is 0 Å². The van der Waals surface area contributed by atoms with Crippen molar-refractivity contribution in [2.45, 2.75) is 41.5 Å². The van der Waals surface area contributed by atoms with Crippen molar-refractivity contribution in [3.63, 3.8) is 0 Å². The minimum Gasteiger partial charge on any atom is -0.261 e. The van der Waals surface area contributed by atoms with Gasteiger partial charge in [-0.1, -0.05) is 40.9 Å². The first kappa shape index (κ1) is 17.0. The maximum Gasteiger partial charge on any atom is 0.0692 e. The molecule has 0 saturated heterocycles. The van der Waals surface area contributed by atoms with Gasteiger partial charge >= 0.3 is 0 Å². The molecule has 0 saturated carbocycles. The summed E-state index contributed by atoms with van der Waals surface area (Å²) < 4.78 is 0. The predicted octanol–water partition coefficient (Wildman–Crippen LogP) is 4.50. The highest BCUT2D eigenvalue weighted by Crippen LogP contribution is 2.17. The second kappa shape index (κ2) is 10.1. The van der Waals surface area contributed by atoms with Crippen LogP contribution >= 0.6 is 0 Å². The summed E-state index contributed by atoms with van der Waals surface area (Å²) in [5.41, 5.74) is 3.14. The molecular formula is C14H24N2. The minimum absolute atomic E-state index is 0. The zero-order valence-corrected chi connectivity index (χ0v) is 10.1. The van der Waals surface area contributed by atoms with Crippen LogP contribution < -0.4 is 0 Å². The summed E-state index contributed by atoms with van der Waals surface area (Å²) >= 11 is 0. The van der Waals surface area contributed by atoms with Crippen LogP contribution in [0.4, 0.5) is 5.69 Å². The molecule has 1 rings (SSSR count). The fourth-order valence-corrected chi connectivity index (χ4v) is 1.02. The van der Waals surface area contributed by atoms with Gasteiger partial charge in [0, 0.05) is 18.1 Å². The average Bonchev–Trinajstić information content (AvgIpc) is 2.31. The van der Waals surface area contributed by atoms with Gasteiger partial charge in [-0.05, 0) is 25.0 Å². The van der Waals surface area contributed by atoms with E-state index in [4.69, 9.17) is 0 Å². The second-order valence-electron chi connectivity index (χ2n) is 2.83. The number of rotatable bonds is 3. The van der Waals surface area contributed by atoms with Gasteiger partial charge in [0.2, 0.25) is 0 Å². The Labute approximate surface area is 100 Å². The summed E-state index contributed by atoms with van der Waals surface area (Å²) in [7, 11) is 0. The molecule has 1 aromatic heterocycles. The Bertz CT molecular complexity index is 328. The Hall–Kier alpha value is -1.44. The number of hydrogen-bond acceptors (Lipinski definition) is 2. The highest BCUT2D eigenvalue weighted by atomic mass is 14.8. The van der Waals surface area contributed by atoms with Crippen LogP contribution in [0.2, 0.25) is 0 Å². The molecule has 16 heavy (non-hydrogen) atoms. The first-order valence-electron chi connectivity index (χ1n) is 5.38. The summed E-state index contributed by atoms with van der Waals surface area (Å²) in [6.45, 7) is 11.7. The van der Waals surface area contributed by atoms with Crippen molar-refractivity contribution in [1.82, 2.24) is 4.98 Å². The van der Waals surface area contributed by atoms with Crippen LogP contribution in [0.25, 0.3) is 0 Å². The van der Waals surface area contributed by atoms with E-state index < -0.39 is 0 Å². The molecule has 0 spiro atoms. The second-order valence-corrected chi connectivity index (χ2v) is 2.83. The molecule has 0 unspecified atom stereocenters. The largest absolute Gasteiger partial charge is 0.261 e. The lowest BCUT2D eigenvalue weighted by Crippen LogP contribution is -1.87. The number of pyridine rings is 1. The van der Waals surface area contributed by atoms with Gasteiger partial charge in [-0.15, -0.1) is 0 Å². The lowest BCUT2D eigenvalue weighted by Gasteiger charge is -2.01. The standard InChI is InChI=1S/C11H14N2.C2H6.CH4/c1-4-6-12-11-7-10(5-2)13-8-9(11)3;1-2;/h4,6-8H,1,5H2,2-3H3;1-2H3;1H4. The highest BCUT2D eigenvalue weighted by molar-refractivity contribution is 5.74. The molecule has 1 aromatic rings. The third kappa shape index (κ3) is 5.44. The monoisotopic (exact) mass is 220 g/mol. The average molecular weight is 220 g/mol. The summed E-state index contributed by atoms with van der Waals surface area (Å²) in [5.74, 6) is 0. The third-order valence-electron chi connectivity index (χ3n) is 1.81. The quantitative estimate of drug-likeness (QED) is 0.688. The highest BCUT2D eigenvalue weighted by Gasteiger charge is 1.97. The predicted molar refractivity (Wildman–Crippen MR) is 74.8 cm³/mol. The summed E-state index contributed by atoms with van der Waals surface area (Å²) in [6, 6.07) is 2.01. The van der Waals surface area contributed by atoms with Gasteiger partial charge in [0.05, 0.1) is 5.69 Å². The van der Waals surface area contributed by atoms with E-state index in [1.165, 1.54) is 0 Å². The molecule has 0 bridgehead atoms. The normalized spacial score (nSPS) is 9.00. The Morgan fingerprint density at radius 3 is 2.56 bits per heavy atom. The fraction of sp³-hybridized carbons (Fsp3) is 0.429. The minimum atomic E-state index is 0. The molecule has 0 aliphatic heterocycles. The van der Waals surface area contributed by atoms with Crippen molar-refractivity contribution in [2.24, 2.45) is 4.99 Å². The number of aliphatic imine (C=N–C) groups is 1. The molecule has 0 aliphatic carbocycles. The van der Waals surface area contributed by atoms with Gasteiger partial charge < -0.3 is 0 Å². The van der Waals surface area contributed by atoms with E-state index in [1.54, 1.807) is 12.3 Å². The van der Waals surface area contributed by atoms with Crippen molar-refractivity contribution in [3.05, 3.63) is 36.2 Å². The Morgan fingerprint density at radius 1 is 1.44 bits per heavy atom. The van der Waals surface area contributed by atoms with Crippen LogP contribution in [0.15, 0.2) is 29.9 Å². The van der Waals surface area contributed by atoms with Crippen LogP contribution in [0.1, 0.15) is 39.5 Å². The van der Waals surface area contributed by atoms with Crippen LogP contribution in [0.3, 0.4) is 0 Å². The molecule has 0 aromatic carbocycles. The zero-order valence-electron chi connectivity index (χ0n) is 10.1. The van der Waals surface area contributed by atoms with Crippen molar-refractivity contribution >= 4 is 11.9 Å². The Kier molecular flexibility index (Phi) is 10.7. The molecule has 0 radical (unpaired) electrons. The molecule has 90 valence electrons. The molecule has 0 amide bonds. The fourth-order valence-electron chi connectivity index (χ4n) is 1.02.